The van der Waals surface area contributed by atoms with Crippen molar-refractivity contribution in [2.24, 2.45) is 5.73 Å². The number of nitrogens with zero attached hydrogens (tertiary/aromatic N) is 2. The smallest absolute Gasteiger partial charge is 0.241 e. The number of nitrogens with two attached hydrogens (primary N) is 1. The van der Waals surface area contributed by atoms with E-state index in [1.54, 1.807) is 0 Å². The van der Waals surface area contributed by atoms with Crippen molar-refractivity contribution in [2.45, 2.75) is 13.3 Å². The Balaban J connectivity index is 2.05. The summed E-state index contributed by atoms with van der Waals surface area (Å²) in [6, 6.07) is 11.5. The van der Waals surface area contributed by atoms with Crippen molar-refractivity contribution in [2.75, 3.05) is 6.54 Å². The van der Waals surface area contributed by atoms with Crippen molar-refractivity contribution in [3.05, 3.63) is 58.9 Å². The minimum atomic E-state index is 0.528. The number of fused-ring (bicyclic) bond motifs is 1. The molecule has 0 amide bonds. The molecule has 4 nitrogen and oxygen atoms in total. The van der Waals surface area contributed by atoms with Crippen molar-refractivity contribution in [1.29, 1.82) is 0 Å². The second-order valence-corrected chi connectivity index (χ2v) is 5.27. The number of ether oxygens (including phenoxy) is 1. The molecule has 0 fully saturated rings. The number of rotatable bonds is 4. The number of hydrogen-bond donors (Lipinski definition) is 1. The fraction of sp³-hybridized carbons (Fsp3) is 0.188. The summed E-state index contributed by atoms with van der Waals surface area (Å²) in [5.74, 6) is 1.15. The maximum absolute atomic E-state index is 6.22. The fourth-order valence-corrected chi connectivity index (χ4v) is 2.54. The molecule has 3 rings (SSSR count). The lowest BCUT2D eigenvalue weighted by molar-refractivity contribution is 0.459. The summed E-state index contributed by atoms with van der Waals surface area (Å²) in [4.78, 5) is 4.52. The predicted octanol–water partition coefficient (Wildman–Crippen LogP) is 3.59. The lowest BCUT2D eigenvalue weighted by atomic mass is 10.2. The van der Waals surface area contributed by atoms with Crippen LogP contribution in [0.25, 0.3) is 5.65 Å². The molecule has 3 aromatic rings. The molecule has 5 heteroatoms. The summed E-state index contributed by atoms with van der Waals surface area (Å²) in [6.45, 7) is 2.51. The first-order valence-electron chi connectivity index (χ1n) is 6.79. The van der Waals surface area contributed by atoms with Crippen molar-refractivity contribution in [3.8, 4) is 11.6 Å². The van der Waals surface area contributed by atoms with E-state index in [2.05, 4.69) is 4.98 Å². The molecule has 108 valence electrons. The molecule has 0 aliphatic rings. The van der Waals surface area contributed by atoms with Gasteiger partial charge in [0.15, 0.2) is 0 Å². The van der Waals surface area contributed by atoms with Crippen LogP contribution < -0.4 is 10.5 Å². The summed E-state index contributed by atoms with van der Waals surface area (Å²) in [5.41, 5.74) is 8.57. The normalized spacial score (nSPS) is 11.0. The summed E-state index contributed by atoms with van der Waals surface area (Å²) in [6.07, 6.45) is 2.64. The van der Waals surface area contributed by atoms with Crippen LogP contribution in [-0.4, -0.2) is 15.9 Å². The van der Waals surface area contributed by atoms with Gasteiger partial charge in [-0.1, -0.05) is 23.7 Å². The van der Waals surface area contributed by atoms with Gasteiger partial charge in [-0.2, -0.15) is 4.98 Å². The quantitative estimate of drug-likeness (QED) is 0.801. The third-order valence-electron chi connectivity index (χ3n) is 3.27. The zero-order valence-electron chi connectivity index (χ0n) is 11.7. The van der Waals surface area contributed by atoms with Crippen LogP contribution in [0.3, 0.4) is 0 Å². The Morgan fingerprint density at radius 2 is 2.14 bits per heavy atom. The molecule has 0 bridgehead atoms. The van der Waals surface area contributed by atoms with Crippen molar-refractivity contribution >= 4 is 17.2 Å². The van der Waals surface area contributed by atoms with Gasteiger partial charge >= 0.3 is 0 Å². The van der Waals surface area contributed by atoms with E-state index in [1.165, 1.54) is 0 Å². The van der Waals surface area contributed by atoms with Gasteiger partial charge in [0.1, 0.15) is 11.4 Å². The Labute approximate surface area is 128 Å². The number of benzene rings is 1. The monoisotopic (exact) mass is 301 g/mol. The van der Waals surface area contributed by atoms with Crippen molar-refractivity contribution in [1.82, 2.24) is 9.38 Å². The highest BCUT2D eigenvalue weighted by atomic mass is 35.5. The van der Waals surface area contributed by atoms with Crippen LogP contribution >= 0.6 is 11.6 Å². The van der Waals surface area contributed by atoms with Gasteiger partial charge in [-0.25, -0.2) is 0 Å². The molecule has 21 heavy (non-hydrogen) atoms. The number of halogens is 1. The lowest BCUT2D eigenvalue weighted by Crippen LogP contribution is -2.06. The lowest BCUT2D eigenvalue weighted by Gasteiger charge is -2.08. The van der Waals surface area contributed by atoms with Crippen LogP contribution in [-0.2, 0) is 6.42 Å². The number of pyridine rings is 1. The Morgan fingerprint density at radius 3 is 2.90 bits per heavy atom. The highest BCUT2D eigenvalue weighted by Gasteiger charge is 2.14. The molecule has 0 saturated heterocycles. The Hall–Kier alpha value is -2.04. The van der Waals surface area contributed by atoms with E-state index >= 15 is 0 Å². The van der Waals surface area contributed by atoms with E-state index in [4.69, 9.17) is 22.1 Å². The third-order valence-corrected chi connectivity index (χ3v) is 3.56. The highest BCUT2D eigenvalue weighted by Crippen LogP contribution is 2.32. The number of imidazole rings is 1. The van der Waals surface area contributed by atoms with Crippen LogP contribution in [0.4, 0.5) is 0 Å². The van der Waals surface area contributed by atoms with E-state index in [0.29, 0.717) is 29.6 Å². The van der Waals surface area contributed by atoms with Crippen LogP contribution in [0.5, 0.6) is 11.6 Å². The highest BCUT2D eigenvalue weighted by molar-refractivity contribution is 6.32. The molecule has 0 aliphatic heterocycles. The molecule has 2 heterocycles. The zero-order valence-corrected chi connectivity index (χ0v) is 12.5. The van der Waals surface area contributed by atoms with E-state index < -0.39 is 0 Å². The van der Waals surface area contributed by atoms with Gasteiger partial charge in [-0.05, 0) is 43.3 Å². The maximum Gasteiger partial charge on any atom is 0.241 e. The van der Waals surface area contributed by atoms with Crippen molar-refractivity contribution < 1.29 is 4.74 Å². The topological polar surface area (TPSA) is 52.5 Å². The predicted molar refractivity (Wildman–Crippen MR) is 84.2 cm³/mol. The van der Waals surface area contributed by atoms with Crippen LogP contribution in [0.2, 0.25) is 5.02 Å². The van der Waals surface area contributed by atoms with Gasteiger partial charge in [-0.15, -0.1) is 0 Å². The molecule has 2 aromatic heterocycles. The van der Waals surface area contributed by atoms with Gasteiger partial charge in [-0.3, -0.25) is 0 Å². The molecule has 0 spiro atoms. The molecular weight excluding hydrogens is 286 g/mol. The molecular formula is C16H16ClN3O. The van der Waals surface area contributed by atoms with E-state index in [1.807, 2.05) is 53.9 Å². The van der Waals surface area contributed by atoms with Crippen LogP contribution in [0.1, 0.15) is 11.3 Å². The number of hydrogen-bond acceptors (Lipinski definition) is 3. The average molecular weight is 302 g/mol. The van der Waals surface area contributed by atoms with Crippen LogP contribution in [0, 0.1) is 6.92 Å². The average Bonchev–Trinajstić information content (AvgIpc) is 2.81. The van der Waals surface area contributed by atoms with Crippen molar-refractivity contribution in [3.63, 3.8) is 0 Å². The Morgan fingerprint density at radius 1 is 1.29 bits per heavy atom. The SMILES string of the molecule is Cc1ccc(Oc2nc3ccccn3c2CCN)c(Cl)c1. The minimum Gasteiger partial charge on any atom is -0.436 e. The molecule has 0 radical (unpaired) electrons. The van der Waals surface area contributed by atoms with Gasteiger partial charge in [0.25, 0.3) is 0 Å². The zero-order chi connectivity index (χ0) is 14.8. The summed E-state index contributed by atoms with van der Waals surface area (Å²) in [7, 11) is 0. The first-order valence-corrected chi connectivity index (χ1v) is 7.17. The maximum atomic E-state index is 6.22. The largest absolute Gasteiger partial charge is 0.436 e. The molecule has 0 atom stereocenters. The number of aryl methyl sites for hydroxylation is 1. The van der Waals surface area contributed by atoms with Gasteiger partial charge < -0.3 is 14.9 Å². The summed E-state index contributed by atoms with van der Waals surface area (Å²) < 4.78 is 7.90. The summed E-state index contributed by atoms with van der Waals surface area (Å²) in [5, 5.41) is 0.575. The van der Waals surface area contributed by atoms with E-state index in [-0.39, 0.29) is 0 Å². The minimum absolute atomic E-state index is 0.528. The molecule has 0 unspecified atom stereocenters. The van der Waals surface area contributed by atoms with Gasteiger partial charge in [0.05, 0.1) is 10.7 Å². The van der Waals surface area contributed by atoms with Gasteiger partial charge in [0.2, 0.25) is 5.88 Å². The molecule has 2 N–H and O–H groups in total. The van der Waals surface area contributed by atoms with Crippen LogP contribution in [0.15, 0.2) is 42.6 Å². The first-order chi connectivity index (χ1) is 10.2. The number of aromatic nitrogens is 2. The third kappa shape index (κ3) is 2.73. The Kier molecular flexibility index (Phi) is 3.82. The van der Waals surface area contributed by atoms with E-state index in [0.717, 1.165) is 16.9 Å². The van der Waals surface area contributed by atoms with Gasteiger partial charge in [0, 0.05) is 12.6 Å². The first kappa shape index (κ1) is 13.9. The molecule has 0 aliphatic carbocycles. The second kappa shape index (κ2) is 5.76. The second-order valence-electron chi connectivity index (χ2n) is 4.87. The molecule has 1 aromatic carbocycles. The molecule has 0 saturated carbocycles. The standard InChI is InChI=1S/C16H16ClN3O/c1-11-5-6-14(12(17)10-11)21-16-13(7-8-18)20-9-3-2-4-15(20)19-16/h2-6,9-10H,7-8,18H2,1H3. The summed E-state index contributed by atoms with van der Waals surface area (Å²) >= 11 is 6.22. The fourth-order valence-electron chi connectivity index (χ4n) is 2.26. The van der Waals surface area contributed by atoms with E-state index in [9.17, 15) is 0 Å². The Bertz CT molecular complexity index is 782.